The first-order valence-corrected chi connectivity index (χ1v) is 9.47. The second-order valence-corrected chi connectivity index (χ2v) is 7.85. The number of imidazole rings is 1. The topological polar surface area (TPSA) is 86.8 Å². The lowest BCUT2D eigenvalue weighted by atomic mass is 9.87. The summed E-state index contributed by atoms with van der Waals surface area (Å²) < 4.78 is 0. The van der Waals surface area contributed by atoms with Gasteiger partial charge >= 0.3 is 0 Å². The van der Waals surface area contributed by atoms with E-state index in [1.54, 1.807) is 12.7 Å². The highest BCUT2D eigenvalue weighted by Crippen LogP contribution is 2.48. The Morgan fingerprint density at radius 3 is 2.76 bits per heavy atom. The third-order valence-electron chi connectivity index (χ3n) is 6.42. The van der Waals surface area contributed by atoms with Crippen molar-refractivity contribution >= 4 is 22.9 Å². The zero-order valence-corrected chi connectivity index (χ0v) is 14.3. The number of rotatable bonds is 3. The van der Waals surface area contributed by atoms with Crippen molar-refractivity contribution in [1.29, 1.82) is 0 Å². The molecule has 2 aliphatic carbocycles. The summed E-state index contributed by atoms with van der Waals surface area (Å²) in [4.78, 5) is 30.8. The first-order valence-electron chi connectivity index (χ1n) is 9.47. The van der Waals surface area contributed by atoms with Gasteiger partial charge in [-0.1, -0.05) is 6.42 Å². The van der Waals surface area contributed by atoms with Gasteiger partial charge in [0.2, 0.25) is 5.91 Å². The number of piperidine rings is 1. The van der Waals surface area contributed by atoms with E-state index in [0.717, 1.165) is 49.6 Å². The molecule has 0 radical (unpaired) electrons. The van der Waals surface area contributed by atoms with Crippen molar-refractivity contribution in [2.75, 3.05) is 18.0 Å². The molecular formula is C18H24N6O. The number of aromatic nitrogens is 4. The molecule has 2 aromatic rings. The average Bonchev–Trinajstić information content (AvgIpc) is 3.38. The largest absolute Gasteiger partial charge is 0.355 e. The van der Waals surface area contributed by atoms with Crippen molar-refractivity contribution in [3.63, 3.8) is 0 Å². The highest BCUT2D eigenvalue weighted by Gasteiger charge is 2.43. The van der Waals surface area contributed by atoms with Gasteiger partial charge < -0.3 is 15.2 Å². The zero-order valence-electron chi connectivity index (χ0n) is 14.3. The highest BCUT2D eigenvalue weighted by molar-refractivity contribution is 5.83. The number of nitrogens with zero attached hydrogens (tertiary/aromatic N) is 4. The van der Waals surface area contributed by atoms with Gasteiger partial charge in [0.1, 0.15) is 11.8 Å². The number of hydrogen-bond acceptors (Lipinski definition) is 5. The van der Waals surface area contributed by atoms with Crippen molar-refractivity contribution in [1.82, 2.24) is 25.3 Å². The Balaban J connectivity index is 1.20. The van der Waals surface area contributed by atoms with E-state index in [1.807, 2.05) is 0 Å². The maximum atomic E-state index is 12.6. The molecule has 0 aromatic carbocycles. The molecule has 1 saturated heterocycles. The minimum Gasteiger partial charge on any atom is -0.355 e. The van der Waals surface area contributed by atoms with Gasteiger partial charge in [-0.05, 0) is 43.9 Å². The van der Waals surface area contributed by atoms with E-state index in [4.69, 9.17) is 0 Å². The predicted molar refractivity (Wildman–Crippen MR) is 94.0 cm³/mol. The van der Waals surface area contributed by atoms with Crippen LogP contribution in [0.2, 0.25) is 0 Å². The molecule has 2 N–H and O–H groups in total. The zero-order chi connectivity index (χ0) is 16.8. The van der Waals surface area contributed by atoms with Crippen LogP contribution in [0.25, 0.3) is 11.2 Å². The lowest BCUT2D eigenvalue weighted by molar-refractivity contribution is -0.127. The van der Waals surface area contributed by atoms with Gasteiger partial charge in [0.15, 0.2) is 11.5 Å². The van der Waals surface area contributed by atoms with Gasteiger partial charge in [0.05, 0.1) is 6.33 Å². The van der Waals surface area contributed by atoms with Crippen LogP contribution in [0.5, 0.6) is 0 Å². The molecule has 5 rings (SSSR count). The molecule has 25 heavy (non-hydrogen) atoms. The molecule has 132 valence electrons. The monoisotopic (exact) mass is 340 g/mol. The predicted octanol–water partition coefficient (Wildman–Crippen LogP) is 1.87. The Morgan fingerprint density at radius 1 is 1.12 bits per heavy atom. The molecular weight excluding hydrogens is 316 g/mol. The summed E-state index contributed by atoms with van der Waals surface area (Å²) in [5, 5.41) is 3.33. The van der Waals surface area contributed by atoms with E-state index in [0.29, 0.717) is 23.5 Å². The van der Waals surface area contributed by atoms with Crippen LogP contribution in [-0.4, -0.2) is 45.0 Å². The van der Waals surface area contributed by atoms with Gasteiger partial charge in [-0.2, -0.15) is 0 Å². The molecule has 1 amide bonds. The van der Waals surface area contributed by atoms with Gasteiger partial charge in [0.25, 0.3) is 0 Å². The van der Waals surface area contributed by atoms with E-state index in [9.17, 15) is 4.79 Å². The molecule has 2 saturated carbocycles. The number of carbonyl (C=O) groups excluding carboxylic acids is 1. The summed E-state index contributed by atoms with van der Waals surface area (Å²) >= 11 is 0. The van der Waals surface area contributed by atoms with Crippen molar-refractivity contribution in [3.8, 4) is 0 Å². The van der Waals surface area contributed by atoms with Gasteiger partial charge in [0, 0.05) is 25.0 Å². The standard InChI is InChI=1S/C18H24N6O/c25-18(14-8-11-1-2-12(14)7-11)23-13-3-5-24(6-4-13)17-15-16(20-9-19-15)21-10-22-17/h9-14H,1-8H2,(H,23,25)(H,19,20,21,22)/t11-,12-,14+/m0/s1. The minimum atomic E-state index is 0.281. The highest BCUT2D eigenvalue weighted by atomic mass is 16.2. The Morgan fingerprint density at radius 2 is 2.00 bits per heavy atom. The van der Waals surface area contributed by atoms with E-state index in [2.05, 4.69) is 30.2 Å². The van der Waals surface area contributed by atoms with Crippen LogP contribution in [0.3, 0.4) is 0 Å². The van der Waals surface area contributed by atoms with Crippen LogP contribution in [0.15, 0.2) is 12.7 Å². The first kappa shape index (κ1) is 15.1. The van der Waals surface area contributed by atoms with E-state index < -0.39 is 0 Å². The molecule has 3 atom stereocenters. The summed E-state index contributed by atoms with van der Waals surface area (Å²) in [5.41, 5.74) is 1.60. The molecule has 0 spiro atoms. The molecule has 7 nitrogen and oxygen atoms in total. The van der Waals surface area contributed by atoms with Crippen molar-refractivity contribution in [2.24, 2.45) is 17.8 Å². The third kappa shape index (κ3) is 2.65. The number of aromatic amines is 1. The number of hydrogen-bond donors (Lipinski definition) is 2. The van der Waals surface area contributed by atoms with E-state index in [-0.39, 0.29) is 5.92 Å². The number of anilines is 1. The van der Waals surface area contributed by atoms with Crippen LogP contribution in [-0.2, 0) is 4.79 Å². The van der Waals surface area contributed by atoms with Crippen LogP contribution in [0.4, 0.5) is 5.82 Å². The number of H-pyrrole nitrogens is 1. The quantitative estimate of drug-likeness (QED) is 0.891. The molecule has 0 unspecified atom stereocenters. The Hall–Kier alpha value is -2.18. The van der Waals surface area contributed by atoms with Crippen LogP contribution >= 0.6 is 0 Å². The lowest BCUT2D eigenvalue weighted by Crippen LogP contribution is -2.47. The van der Waals surface area contributed by atoms with Gasteiger partial charge in [-0.15, -0.1) is 0 Å². The fraction of sp³-hybridized carbons (Fsp3) is 0.667. The lowest BCUT2D eigenvalue weighted by Gasteiger charge is -2.34. The maximum Gasteiger partial charge on any atom is 0.223 e. The molecule has 3 fully saturated rings. The summed E-state index contributed by atoms with van der Waals surface area (Å²) in [6.45, 7) is 1.79. The molecule has 1 aliphatic heterocycles. The van der Waals surface area contributed by atoms with Crippen LogP contribution in [0.1, 0.15) is 38.5 Å². The van der Waals surface area contributed by atoms with E-state index >= 15 is 0 Å². The number of nitrogens with one attached hydrogen (secondary N) is 2. The van der Waals surface area contributed by atoms with Gasteiger partial charge in [-0.25, -0.2) is 15.0 Å². The Labute approximate surface area is 146 Å². The Kier molecular flexibility index (Phi) is 3.60. The summed E-state index contributed by atoms with van der Waals surface area (Å²) in [7, 11) is 0. The summed E-state index contributed by atoms with van der Waals surface area (Å²) in [6.07, 6.45) is 10.2. The Bertz CT molecular complexity index is 781. The van der Waals surface area contributed by atoms with E-state index in [1.165, 1.54) is 19.3 Å². The second kappa shape index (κ2) is 5.97. The molecule has 3 aliphatic rings. The maximum absolute atomic E-state index is 12.6. The van der Waals surface area contributed by atoms with Crippen molar-refractivity contribution < 1.29 is 4.79 Å². The smallest absolute Gasteiger partial charge is 0.223 e. The number of fused-ring (bicyclic) bond motifs is 3. The minimum absolute atomic E-state index is 0.281. The number of carbonyl (C=O) groups is 1. The van der Waals surface area contributed by atoms with Crippen LogP contribution < -0.4 is 10.2 Å². The fourth-order valence-corrected chi connectivity index (χ4v) is 5.10. The average molecular weight is 340 g/mol. The van der Waals surface area contributed by atoms with Gasteiger partial charge in [-0.3, -0.25) is 4.79 Å². The fourth-order valence-electron chi connectivity index (χ4n) is 5.10. The number of amides is 1. The third-order valence-corrected chi connectivity index (χ3v) is 6.42. The second-order valence-electron chi connectivity index (χ2n) is 7.85. The van der Waals surface area contributed by atoms with Crippen molar-refractivity contribution in [2.45, 2.75) is 44.6 Å². The SMILES string of the molecule is O=C(NC1CCN(c2ncnc3nc[nH]c23)CC1)[C@@H]1C[C@H]2CC[C@H]1C2. The first-order chi connectivity index (χ1) is 12.3. The summed E-state index contributed by atoms with van der Waals surface area (Å²) in [6, 6.07) is 0.293. The molecule has 3 heterocycles. The molecule has 2 aromatic heterocycles. The molecule has 2 bridgehead atoms. The van der Waals surface area contributed by atoms with Crippen LogP contribution in [0, 0.1) is 17.8 Å². The molecule has 7 heteroatoms. The normalized spacial score (nSPS) is 29.4. The summed E-state index contributed by atoms with van der Waals surface area (Å²) in [5.74, 6) is 2.98. The van der Waals surface area contributed by atoms with Crippen molar-refractivity contribution in [3.05, 3.63) is 12.7 Å².